The number of nitrogens with two attached hydrogens (primary N) is 1. The van der Waals surface area contributed by atoms with Crippen molar-refractivity contribution >= 4 is 5.91 Å². The number of rotatable bonds is 6. The van der Waals surface area contributed by atoms with Crippen molar-refractivity contribution in [2.45, 2.75) is 12.6 Å². The van der Waals surface area contributed by atoms with Gasteiger partial charge in [-0.15, -0.1) is 0 Å². The number of halogens is 3. The van der Waals surface area contributed by atoms with Gasteiger partial charge in [-0.3, -0.25) is 4.79 Å². The summed E-state index contributed by atoms with van der Waals surface area (Å²) in [4.78, 5) is 14.1. The van der Waals surface area contributed by atoms with Crippen LogP contribution in [-0.2, 0) is 12.6 Å². The topological polar surface area (TPSA) is 46.3 Å². The Morgan fingerprint density at radius 1 is 0.958 bits per heavy atom. The van der Waals surface area contributed by atoms with Crippen LogP contribution in [0, 0.1) is 0 Å². The van der Waals surface area contributed by atoms with Gasteiger partial charge < -0.3 is 10.6 Å². The number of hydrogen-bond acceptors (Lipinski definition) is 2. The summed E-state index contributed by atoms with van der Waals surface area (Å²) in [5.41, 5.74) is 6.09. The fraction of sp³-hybridized carbons (Fsp3) is 0.278. The van der Waals surface area contributed by atoms with Crippen LogP contribution in [-0.4, -0.2) is 30.4 Å². The molecule has 0 aliphatic carbocycles. The lowest BCUT2D eigenvalue weighted by Gasteiger charge is -2.22. The molecule has 0 unspecified atom stereocenters. The Bertz CT molecular complexity index is 654. The summed E-state index contributed by atoms with van der Waals surface area (Å²) in [7, 11) is 0. The van der Waals surface area contributed by atoms with E-state index in [0.29, 0.717) is 26.1 Å². The van der Waals surface area contributed by atoms with E-state index < -0.39 is 11.7 Å². The van der Waals surface area contributed by atoms with Crippen LogP contribution in [0.5, 0.6) is 0 Å². The van der Waals surface area contributed by atoms with E-state index in [1.54, 1.807) is 4.90 Å². The fourth-order valence-corrected chi connectivity index (χ4v) is 2.36. The van der Waals surface area contributed by atoms with Crippen LogP contribution in [0.1, 0.15) is 21.5 Å². The molecule has 0 bridgehead atoms. The largest absolute Gasteiger partial charge is 0.416 e. The van der Waals surface area contributed by atoms with Gasteiger partial charge in [0.15, 0.2) is 0 Å². The van der Waals surface area contributed by atoms with E-state index in [2.05, 4.69) is 0 Å². The molecule has 0 spiro atoms. The lowest BCUT2D eigenvalue weighted by atomic mass is 10.1. The zero-order valence-electron chi connectivity index (χ0n) is 13.1. The second-order valence-electron chi connectivity index (χ2n) is 5.39. The van der Waals surface area contributed by atoms with E-state index in [1.165, 1.54) is 12.1 Å². The standard InChI is InChI=1S/C18H19F3N2O/c19-18(20,21)16-8-6-15(7-9-16)17(24)23(13-11-22)12-10-14-4-2-1-3-5-14/h1-9H,10-13,22H2. The average molecular weight is 336 g/mol. The molecule has 2 N–H and O–H groups in total. The number of benzene rings is 2. The Kier molecular flexibility index (Phi) is 5.98. The first-order valence-electron chi connectivity index (χ1n) is 7.62. The molecule has 0 aliphatic rings. The molecular formula is C18H19F3N2O. The van der Waals surface area contributed by atoms with Gasteiger partial charge in [0.05, 0.1) is 5.56 Å². The molecule has 0 radical (unpaired) electrons. The van der Waals surface area contributed by atoms with E-state index in [1.807, 2.05) is 30.3 Å². The van der Waals surface area contributed by atoms with Crippen molar-refractivity contribution in [3.63, 3.8) is 0 Å². The van der Waals surface area contributed by atoms with Gasteiger partial charge in [0.1, 0.15) is 0 Å². The lowest BCUT2D eigenvalue weighted by Crippen LogP contribution is -2.37. The summed E-state index contributed by atoms with van der Waals surface area (Å²) >= 11 is 0. The van der Waals surface area contributed by atoms with Crippen LogP contribution in [0.2, 0.25) is 0 Å². The maximum atomic E-state index is 12.6. The molecule has 2 aromatic rings. The first-order valence-corrected chi connectivity index (χ1v) is 7.62. The maximum absolute atomic E-state index is 12.6. The molecule has 2 rings (SSSR count). The summed E-state index contributed by atoms with van der Waals surface area (Å²) in [5, 5.41) is 0. The third-order valence-electron chi connectivity index (χ3n) is 3.66. The Morgan fingerprint density at radius 3 is 2.12 bits per heavy atom. The molecule has 0 fully saturated rings. The fourth-order valence-electron chi connectivity index (χ4n) is 2.36. The number of carbonyl (C=O) groups is 1. The zero-order valence-corrected chi connectivity index (χ0v) is 13.1. The molecule has 0 aromatic heterocycles. The molecule has 6 heteroatoms. The summed E-state index contributed by atoms with van der Waals surface area (Å²) in [6, 6.07) is 13.9. The molecule has 0 saturated heterocycles. The highest BCUT2D eigenvalue weighted by Gasteiger charge is 2.30. The molecule has 24 heavy (non-hydrogen) atoms. The van der Waals surface area contributed by atoms with Crippen molar-refractivity contribution < 1.29 is 18.0 Å². The van der Waals surface area contributed by atoms with Crippen LogP contribution >= 0.6 is 0 Å². The molecule has 128 valence electrons. The van der Waals surface area contributed by atoms with E-state index in [0.717, 1.165) is 17.7 Å². The molecule has 3 nitrogen and oxygen atoms in total. The predicted molar refractivity (Wildman–Crippen MR) is 86.5 cm³/mol. The van der Waals surface area contributed by atoms with E-state index in [4.69, 9.17) is 5.73 Å². The van der Waals surface area contributed by atoms with E-state index in [9.17, 15) is 18.0 Å². The summed E-state index contributed by atoms with van der Waals surface area (Å²) in [6.07, 6.45) is -3.75. The molecule has 0 atom stereocenters. The highest BCUT2D eigenvalue weighted by molar-refractivity contribution is 5.94. The molecular weight excluding hydrogens is 317 g/mol. The summed E-state index contributed by atoms with van der Waals surface area (Å²) in [5.74, 6) is -0.315. The van der Waals surface area contributed by atoms with E-state index >= 15 is 0 Å². The van der Waals surface area contributed by atoms with Crippen molar-refractivity contribution in [2.24, 2.45) is 5.73 Å². The number of nitrogens with zero attached hydrogens (tertiary/aromatic N) is 1. The normalized spacial score (nSPS) is 11.3. The zero-order chi connectivity index (χ0) is 17.6. The van der Waals surface area contributed by atoms with Gasteiger partial charge in [0.2, 0.25) is 0 Å². The van der Waals surface area contributed by atoms with Crippen molar-refractivity contribution in [1.29, 1.82) is 0 Å². The van der Waals surface area contributed by atoms with Crippen molar-refractivity contribution in [3.8, 4) is 0 Å². The molecule has 0 aliphatic heterocycles. The Labute approximate surface area is 138 Å². The Morgan fingerprint density at radius 2 is 1.58 bits per heavy atom. The van der Waals surface area contributed by atoms with Crippen LogP contribution in [0.3, 0.4) is 0 Å². The second kappa shape index (κ2) is 7.97. The smallest absolute Gasteiger partial charge is 0.337 e. The molecule has 0 saturated carbocycles. The number of alkyl halides is 3. The monoisotopic (exact) mass is 336 g/mol. The van der Waals surface area contributed by atoms with Gasteiger partial charge in [-0.2, -0.15) is 13.2 Å². The minimum atomic E-state index is -4.41. The van der Waals surface area contributed by atoms with Gasteiger partial charge in [-0.1, -0.05) is 30.3 Å². The SMILES string of the molecule is NCCN(CCc1ccccc1)C(=O)c1ccc(C(F)(F)F)cc1. The highest BCUT2D eigenvalue weighted by atomic mass is 19.4. The van der Waals surface area contributed by atoms with Crippen LogP contribution < -0.4 is 5.73 Å². The van der Waals surface area contributed by atoms with Gasteiger partial charge in [0, 0.05) is 25.2 Å². The average Bonchev–Trinajstić information content (AvgIpc) is 2.58. The van der Waals surface area contributed by atoms with Crippen molar-refractivity contribution in [2.75, 3.05) is 19.6 Å². The van der Waals surface area contributed by atoms with Crippen molar-refractivity contribution in [3.05, 3.63) is 71.3 Å². The van der Waals surface area contributed by atoms with Crippen LogP contribution in [0.25, 0.3) is 0 Å². The quantitative estimate of drug-likeness (QED) is 0.879. The first kappa shape index (κ1) is 18.0. The van der Waals surface area contributed by atoms with Crippen molar-refractivity contribution in [1.82, 2.24) is 4.90 Å². The van der Waals surface area contributed by atoms with Gasteiger partial charge in [-0.25, -0.2) is 0 Å². The Hall–Kier alpha value is -2.34. The maximum Gasteiger partial charge on any atom is 0.416 e. The molecule has 2 aromatic carbocycles. The Balaban J connectivity index is 2.08. The van der Waals surface area contributed by atoms with Gasteiger partial charge in [0.25, 0.3) is 5.91 Å². The minimum absolute atomic E-state index is 0.226. The van der Waals surface area contributed by atoms with E-state index in [-0.39, 0.29) is 11.5 Å². The second-order valence-corrected chi connectivity index (χ2v) is 5.39. The summed E-state index contributed by atoms with van der Waals surface area (Å²) in [6.45, 7) is 1.11. The number of carbonyl (C=O) groups excluding carboxylic acids is 1. The third kappa shape index (κ3) is 4.83. The predicted octanol–water partition coefficient (Wildman–Crippen LogP) is 3.35. The van der Waals surface area contributed by atoms with Gasteiger partial charge in [-0.05, 0) is 36.2 Å². The molecule has 0 heterocycles. The van der Waals surface area contributed by atoms with Gasteiger partial charge >= 0.3 is 6.18 Å². The molecule has 1 amide bonds. The summed E-state index contributed by atoms with van der Waals surface area (Å²) < 4.78 is 37.8. The van der Waals surface area contributed by atoms with Crippen LogP contribution in [0.4, 0.5) is 13.2 Å². The number of amides is 1. The van der Waals surface area contributed by atoms with Crippen LogP contribution in [0.15, 0.2) is 54.6 Å². The minimum Gasteiger partial charge on any atom is -0.337 e. The highest BCUT2D eigenvalue weighted by Crippen LogP contribution is 2.29. The lowest BCUT2D eigenvalue weighted by molar-refractivity contribution is -0.137. The third-order valence-corrected chi connectivity index (χ3v) is 3.66. The number of hydrogen-bond donors (Lipinski definition) is 1. The first-order chi connectivity index (χ1) is 11.4.